The minimum Gasteiger partial charge on any atom is -0.274 e. The molecule has 8 nitrogen and oxygen atoms in total. The van der Waals surface area contributed by atoms with E-state index in [1.807, 2.05) is 0 Å². The van der Waals surface area contributed by atoms with Gasteiger partial charge < -0.3 is 0 Å². The SMILES string of the molecule is CCn1ncn(NC(=O)c2cn(C)nc2Br)c1=O. The number of nitrogens with zero attached hydrogens (tertiary/aromatic N) is 5. The first-order chi connectivity index (χ1) is 8.52. The molecular formula is C9H11BrN6O2. The van der Waals surface area contributed by atoms with Gasteiger partial charge in [0.25, 0.3) is 5.91 Å². The van der Waals surface area contributed by atoms with Crippen molar-refractivity contribution >= 4 is 21.8 Å². The first kappa shape index (κ1) is 12.6. The molecule has 0 radical (unpaired) electrons. The van der Waals surface area contributed by atoms with Crippen LogP contribution in [0.2, 0.25) is 0 Å². The van der Waals surface area contributed by atoms with E-state index in [4.69, 9.17) is 0 Å². The molecule has 2 aromatic rings. The normalized spacial score (nSPS) is 10.6. The summed E-state index contributed by atoms with van der Waals surface area (Å²) < 4.78 is 4.18. The highest BCUT2D eigenvalue weighted by Crippen LogP contribution is 2.13. The molecule has 1 amide bonds. The molecule has 0 aliphatic heterocycles. The third kappa shape index (κ3) is 2.21. The first-order valence-electron chi connectivity index (χ1n) is 5.18. The van der Waals surface area contributed by atoms with Gasteiger partial charge in [-0.3, -0.25) is 14.9 Å². The van der Waals surface area contributed by atoms with Crippen LogP contribution in [0.5, 0.6) is 0 Å². The third-order valence-corrected chi connectivity index (χ3v) is 2.87. The van der Waals surface area contributed by atoms with Crippen molar-refractivity contribution in [3.8, 4) is 0 Å². The van der Waals surface area contributed by atoms with E-state index in [1.54, 1.807) is 20.2 Å². The maximum atomic E-state index is 11.9. The highest BCUT2D eigenvalue weighted by Gasteiger charge is 2.15. The van der Waals surface area contributed by atoms with Crippen LogP contribution in [0.25, 0.3) is 0 Å². The summed E-state index contributed by atoms with van der Waals surface area (Å²) in [7, 11) is 1.70. The van der Waals surface area contributed by atoms with Crippen molar-refractivity contribution in [2.45, 2.75) is 13.5 Å². The zero-order valence-electron chi connectivity index (χ0n) is 9.79. The maximum absolute atomic E-state index is 11.9. The first-order valence-corrected chi connectivity index (χ1v) is 5.97. The molecule has 0 saturated heterocycles. The van der Waals surface area contributed by atoms with Gasteiger partial charge >= 0.3 is 5.69 Å². The lowest BCUT2D eigenvalue weighted by Crippen LogP contribution is -2.33. The van der Waals surface area contributed by atoms with E-state index in [-0.39, 0.29) is 0 Å². The van der Waals surface area contributed by atoms with Crippen molar-refractivity contribution in [3.63, 3.8) is 0 Å². The predicted octanol–water partition coefficient (Wildman–Crippen LogP) is -0.0554. The Bertz CT molecular complexity index is 640. The van der Waals surface area contributed by atoms with Crippen molar-refractivity contribution in [3.05, 3.63) is 33.2 Å². The minimum absolute atomic E-state index is 0.341. The number of amides is 1. The number of carbonyl (C=O) groups excluding carboxylic acids is 1. The molecule has 0 aliphatic rings. The van der Waals surface area contributed by atoms with Gasteiger partial charge in [0.15, 0.2) is 0 Å². The summed E-state index contributed by atoms with van der Waals surface area (Å²) in [5, 5.41) is 7.81. The van der Waals surface area contributed by atoms with E-state index in [0.717, 1.165) is 4.68 Å². The van der Waals surface area contributed by atoms with Crippen LogP contribution < -0.4 is 11.1 Å². The van der Waals surface area contributed by atoms with E-state index in [2.05, 4.69) is 31.6 Å². The van der Waals surface area contributed by atoms with Crippen LogP contribution in [-0.2, 0) is 13.6 Å². The molecular weight excluding hydrogens is 304 g/mol. The number of hydrogen-bond acceptors (Lipinski definition) is 4. The van der Waals surface area contributed by atoms with Gasteiger partial charge in [-0.2, -0.15) is 14.9 Å². The van der Waals surface area contributed by atoms with Crippen LogP contribution >= 0.6 is 15.9 Å². The van der Waals surface area contributed by atoms with Crippen molar-refractivity contribution in [2.75, 3.05) is 5.43 Å². The Hall–Kier alpha value is -1.90. The quantitative estimate of drug-likeness (QED) is 0.860. The van der Waals surface area contributed by atoms with Crippen LogP contribution in [0.15, 0.2) is 21.9 Å². The molecule has 0 fully saturated rings. The van der Waals surface area contributed by atoms with Crippen LogP contribution in [0, 0.1) is 0 Å². The highest BCUT2D eigenvalue weighted by molar-refractivity contribution is 9.10. The zero-order chi connectivity index (χ0) is 13.3. The Balaban J connectivity index is 2.24. The fraction of sp³-hybridized carbons (Fsp3) is 0.333. The molecule has 0 unspecified atom stereocenters. The Labute approximate surface area is 110 Å². The largest absolute Gasteiger partial charge is 0.364 e. The lowest BCUT2D eigenvalue weighted by atomic mass is 10.3. The van der Waals surface area contributed by atoms with Crippen molar-refractivity contribution in [1.29, 1.82) is 0 Å². The number of aromatic nitrogens is 5. The summed E-state index contributed by atoms with van der Waals surface area (Å²) in [5.41, 5.74) is 2.38. The monoisotopic (exact) mass is 314 g/mol. The van der Waals surface area contributed by atoms with Gasteiger partial charge in [0.2, 0.25) is 0 Å². The minimum atomic E-state index is -0.437. The van der Waals surface area contributed by atoms with Gasteiger partial charge in [-0.05, 0) is 22.9 Å². The van der Waals surface area contributed by atoms with Gasteiger partial charge in [0, 0.05) is 19.8 Å². The number of rotatable bonds is 3. The lowest BCUT2D eigenvalue weighted by molar-refractivity contribution is 0.101. The number of hydrogen-bond donors (Lipinski definition) is 1. The molecule has 2 heterocycles. The average Bonchev–Trinajstić information content (AvgIpc) is 2.83. The Morgan fingerprint density at radius 2 is 2.28 bits per heavy atom. The van der Waals surface area contributed by atoms with Crippen LogP contribution in [-0.4, -0.2) is 30.1 Å². The average molecular weight is 315 g/mol. The van der Waals surface area contributed by atoms with E-state index in [1.165, 1.54) is 15.7 Å². The Kier molecular flexibility index (Phi) is 3.32. The molecule has 0 bridgehead atoms. The second kappa shape index (κ2) is 4.77. The smallest absolute Gasteiger partial charge is 0.274 e. The summed E-state index contributed by atoms with van der Waals surface area (Å²) in [5.74, 6) is -0.437. The van der Waals surface area contributed by atoms with Crippen molar-refractivity contribution in [2.24, 2.45) is 7.05 Å². The molecule has 1 N–H and O–H groups in total. The van der Waals surface area contributed by atoms with Gasteiger partial charge in [-0.15, -0.1) is 0 Å². The van der Waals surface area contributed by atoms with Crippen molar-refractivity contribution < 1.29 is 4.79 Å². The van der Waals surface area contributed by atoms with E-state index in [0.29, 0.717) is 16.7 Å². The third-order valence-electron chi connectivity index (χ3n) is 2.28. The Morgan fingerprint density at radius 1 is 1.56 bits per heavy atom. The lowest BCUT2D eigenvalue weighted by Gasteiger charge is -2.01. The van der Waals surface area contributed by atoms with Crippen LogP contribution in [0.4, 0.5) is 0 Å². The number of carbonyl (C=O) groups is 1. The summed E-state index contributed by atoms with van der Waals surface area (Å²) in [6.07, 6.45) is 2.81. The fourth-order valence-electron chi connectivity index (χ4n) is 1.41. The zero-order valence-corrected chi connectivity index (χ0v) is 11.4. The fourth-order valence-corrected chi connectivity index (χ4v) is 1.95. The standard InChI is InChI=1S/C9H11BrN6O2/c1-3-15-9(18)16(5-11-15)13-8(17)6-4-14(2)12-7(6)10/h4-5H,3H2,1-2H3,(H,13,17). The molecule has 18 heavy (non-hydrogen) atoms. The molecule has 2 rings (SSSR count). The van der Waals surface area contributed by atoms with Gasteiger partial charge in [-0.25, -0.2) is 9.48 Å². The molecule has 0 aromatic carbocycles. The van der Waals surface area contributed by atoms with Gasteiger partial charge in [0.1, 0.15) is 10.9 Å². The van der Waals surface area contributed by atoms with E-state index >= 15 is 0 Å². The Morgan fingerprint density at radius 3 is 2.78 bits per heavy atom. The summed E-state index contributed by atoms with van der Waals surface area (Å²) in [6.45, 7) is 2.23. The highest BCUT2D eigenvalue weighted by atomic mass is 79.9. The number of nitrogens with one attached hydrogen (secondary N) is 1. The molecule has 0 spiro atoms. The number of halogens is 1. The summed E-state index contributed by atoms with van der Waals surface area (Å²) in [4.78, 5) is 23.6. The van der Waals surface area contributed by atoms with E-state index in [9.17, 15) is 9.59 Å². The van der Waals surface area contributed by atoms with Gasteiger partial charge in [0.05, 0.1) is 5.56 Å². The van der Waals surface area contributed by atoms with Crippen molar-refractivity contribution in [1.82, 2.24) is 24.2 Å². The molecule has 96 valence electrons. The summed E-state index contributed by atoms with van der Waals surface area (Å²) in [6, 6.07) is 0. The maximum Gasteiger partial charge on any atom is 0.364 e. The second-order valence-corrected chi connectivity index (χ2v) is 4.30. The number of aryl methyl sites for hydroxylation is 2. The van der Waals surface area contributed by atoms with Crippen LogP contribution in [0.1, 0.15) is 17.3 Å². The van der Waals surface area contributed by atoms with Gasteiger partial charge in [-0.1, -0.05) is 0 Å². The second-order valence-electron chi connectivity index (χ2n) is 3.55. The molecule has 9 heteroatoms. The molecule has 0 atom stereocenters. The molecule has 2 aromatic heterocycles. The molecule has 0 aliphatic carbocycles. The topological polar surface area (TPSA) is 86.7 Å². The van der Waals surface area contributed by atoms with Crippen LogP contribution in [0.3, 0.4) is 0 Å². The predicted molar refractivity (Wildman–Crippen MR) is 66.8 cm³/mol. The molecule has 0 saturated carbocycles. The summed E-state index contributed by atoms with van der Waals surface area (Å²) >= 11 is 3.17. The van der Waals surface area contributed by atoms with E-state index < -0.39 is 11.6 Å².